The monoisotopic (exact) mass is 293 g/mol. The summed E-state index contributed by atoms with van der Waals surface area (Å²) in [5.74, 6) is 2.04. The summed E-state index contributed by atoms with van der Waals surface area (Å²) in [5.41, 5.74) is 0.756. The molecule has 0 aliphatic heterocycles. The van der Waals surface area contributed by atoms with E-state index in [0.29, 0.717) is 30.5 Å². The molecule has 21 heavy (non-hydrogen) atoms. The number of nitrogens with zero attached hydrogens (tertiary/aromatic N) is 4. The van der Waals surface area contributed by atoms with Gasteiger partial charge in [0.05, 0.1) is 27.4 Å². The highest BCUT2D eigenvalue weighted by Crippen LogP contribution is 2.27. The van der Waals surface area contributed by atoms with Crippen molar-refractivity contribution >= 4 is 0 Å². The molecular formula is C13H19N5O3. The van der Waals surface area contributed by atoms with Crippen LogP contribution in [0.5, 0.6) is 11.5 Å². The molecule has 0 fully saturated rings. The van der Waals surface area contributed by atoms with Crippen LogP contribution in [-0.4, -0.2) is 54.7 Å². The van der Waals surface area contributed by atoms with Gasteiger partial charge < -0.3 is 19.5 Å². The van der Waals surface area contributed by atoms with Crippen molar-refractivity contribution in [1.29, 1.82) is 0 Å². The van der Waals surface area contributed by atoms with Crippen molar-refractivity contribution in [3.05, 3.63) is 24.0 Å². The zero-order valence-electron chi connectivity index (χ0n) is 12.4. The molecule has 0 spiro atoms. The second-order valence-electron chi connectivity index (χ2n) is 4.21. The van der Waals surface area contributed by atoms with Gasteiger partial charge >= 0.3 is 0 Å². The summed E-state index contributed by atoms with van der Waals surface area (Å²) in [6, 6.07) is 5.48. The largest absolute Gasteiger partial charge is 0.497 e. The Morgan fingerprint density at radius 2 is 2.05 bits per heavy atom. The predicted octanol–water partition coefficient (Wildman–Crippen LogP) is 0.416. The van der Waals surface area contributed by atoms with Gasteiger partial charge in [-0.25, -0.2) is 0 Å². The van der Waals surface area contributed by atoms with Crippen LogP contribution in [0.15, 0.2) is 18.2 Å². The van der Waals surface area contributed by atoms with Crippen LogP contribution >= 0.6 is 0 Å². The normalized spacial score (nSPS) is 10.6. The SMILES string of the molecule is COCCNCc1nnnn1-c1ccc(OC)cc1OC. The van der Waals surface area contributed by atoms with E-state index in [-0.39, 0.29) is 0 Å². The van der Waals surface area contributed by atoms with Gasteiger partial charge in [-0.3, -0.25) is 0 Å². The Kier molecular flexibility index (Phi) is 5.47. The fraction of sp³-hybridized carbons (Fsp3) is 0.462. The number of benzene rings is 1. The third-order valence-corrected chi connectivity index (χ3v) is 2.92. The molecule has 0 amide bonds. The maximum Gasteiger partial charge on any atom is 0.170 e. The maximum atomic E-state index is 5.37. The van der Waals surface area contributed by atoms with E-state index in [9.17, 15) is 0 Å². The lowest BCUT2D eigenvalue weighted by atomic mass is 10.2. The van der Waals surface area contributed by atoms with E-state index >= 15 is 0 Å². The minimum atomic E-state index is 0.533. The quantitative estimate of drug-likeness (QED) is 0.706. The molecule has 8 nitrogen and oxygen atoms in total. The van der Waals surface area contributed by atoms with Crippen LogP contribution in [0, 0.1) is 0 Å². The number of aromatic nitrogens is 4. The molecule has 2 aromatic rings. The fourth-order valence-electron chi connectivity index (χ4n) is 1.84. The first kappa shape index (κ1) is 15.2. The Labute approximate surface area is 123 Å². The highest BCUT2D eigenvalue weighted by molar-refractivity contribution is 5.50. The summed E-state index contributed by atoms with van der Waals surface area (Å²) in [6.07, 6.45) is 0. The molecule has 0 bridgehead atoms. The molecule has 1 aromatic heterocycles. The second-order valence-corrected chi connectivity index (χ2v) is 4.21. The van der Waals surface area contributed by atoms with Crippen LogP contribution in [0.25, 0.3) is 5.69 Å². The Bertz CT molecular complexity index is 573. The van der Waals surface area contributed by atoms with Crippen LogP contribution in [-0.2, 0) is 11.3 Å². The smallest absolute Gasteiger partial charge is 0.170 e. The molecule has 1 N–H and O–H groups in total. The first-order valence-electron chi connectivity index (χ1n) is 6.49. The predicted molar refractivity (Wildman–Crippen MR) is 75.8 cm³/mol. The van der Waals surface area contributed by atoms with Gasteiger partial charge in [0.1, 0.15) is 17.2 Å². The number of rotatable bonds is 8. The van der Waals surface area contributed by atoms with E-state index in [4.69, 9.17) is 14.2 Å². The van der Waals surface area contributed by atoms with Crippen molar-refractivity contribution in [2.24, 2.45) is 0 Å². The number of ether oxygens (including phenoxy) is 3. The molecule has 0 aliphatic carbocycles. The molecule has 2 rings (SSSR count). The molecule has 0 radical (unpaired) electrons. The average Bonchev–Trinajstić information content (AvgIpc) is 2.99. The van der Waals surface area contributed by atoms with Gasteiger partial charge in [0, 0.05) is 19.7 Å². The zero-order valence-corrected chi connectivity index (χ0v) is 12.4. The lowest BCUT2D eigenvalue weighted by Gasteiger charge is -2.11. The van der Waals surface area contributed by atoms with Gasteiger partial charge in [-0.2, -0.15) is 4.68 Å². The molecule has 1 aromatic carbocycles. The summed E-state index contributed by atoms with van der Waals surface area (Å²) in [7, 11) is 4.86. The van der Waals surface area contributed by atoms with Crippen molar-refractivity contribution in [3.8, 4) is 17.2 Å². The minimum absolute atomic E-state index is 0.533. The average molecular weight is 293 g/mol. The lowest BCUT2D eigenvalue weighted by Crippen LogP contribution is -2.21. The third-order valence-electron chi connectivity index (χ3n) is 2.92. The summed E-state index contributed by atoms with van der Waals surface area (Å²) in [4.78, 5) is 0. The minimum Gasteiger partial charge on any atom is -0.497 e. The first-order chi connectivity index (χ1) is 10.3. The Morgan fingerprint density at radius 1 is 1.19 bits per heavy atom. The summed E-state index contributed by atoms with van der Waals surface area (Å²) in [6.45, 7) is 1.89. The third kappa shape index (κ3) is 3.67. The van der Waals surface area contributed by atoms with Crippen molar-refractivity contribution in [2.45, 2.75) is 6.54 Å². The van der Waals surface area contributed by atoms with E-state index in [1.165, 1.54) is 0 Å². The van der Waals surface area contributed by atoms with E-state index in [1.54, 1.807) is 32.1 Å². The molecule has 0 saturated carbocycles. The standard InChI is InChI=1S/C13H19N5O3/c1-19-7-6-14-9-13-15-16-17-18(13)11-5-4-10(20-2)8-12(11)21-3/h4-5,8,14H,6-7,9H2,1-3H3. The van der Waals surface area contributed by atoms with Crippen molar-refractivity contribution in [3.63, 3.8) is 0 Å². The van der Waals surface area contributed by atoms with Crippen molar-refractivity contribution < 1.29 is 14.2 Å². The van der Waals surface area contributed by atoms with Crippen LogP contribution in [0.4, 0.5) is 0 Å². The maximum absolute atomic E-state index is 5.37. The molecule has 114 valence electrons. The molecule has 8 heteroatoms. The first-order valence-corrected chi connectivity index (χ1v) is 6.49. The van der Waals surface area contributed by atoms with Crippen LogP contribution < -0.4 is 14.8 Å². The van der Waals surface area contributed by atoms with Crippen LogP contribution in [0.1, 0.15) is 5.82 Å². The summed E-state index contributed by atoms with van der Waals surface area (Å²) in [5, 5.41) is 15.0. The molecular weight excluding hydrogens is 274 g/mol. The van der Waals surface area contributed by atoms with Gasteiger partial charge in [0.25, 0.3) is 0 Å². The van der Waals surface area contributed by atoms with Crippen LogP contribution in [0.3, 0.4) is 0 Å². The molecule has 0 unspecified atom stereocenters. The van der Waals surface area contributed by atoms with Gasteiger partial charge in [0.15, 0.2) is 5.82 Å². The number of hydrogen-bond donors (Lipinski definition) is 1. The summed E-state index contributed by atoms with van der Waals surface area (Å²) >= 11 is 0. The molecule has 0 atom stereocenters. The molecule has 0 saturated heterocycles. The van der Waals surface area contributed by atoms with Crippen molar-refractivity contribution in [2.75, 3.05) is 34.5 Å². The van der Waals surface area contributed by atoms with Gasteiger partial charge in [-0.05, 0) is 22.6 Å². The van der Waals surface area contributed by atoms with E-state index in [0.717, 1.165) is 12.2 Å². The van der Waals surface area contributed by atoms with Gasteiger partial charge in [0.2, 0.25) is 0 Å². The molecule has 1 heterocycles. The Hall–Kier alpha value is -2.19. The number of nitrogens with one attached hydrogen (secondary N) is 1. The van der Waals surface area contributed by atoms with E-state index in [1.807, 2.05) is 12.1 Å². The van der Waals surface area contributed by atoms with E-state index in [2.05, 4.69) is 20.8 Å². The zero-order chi connectivity index (χ0) is 15.1. The van der Waals surface area contributed by atoms with Crippen LogP contribution in [0.2, 0.25) is 0 Å². The Morgan fingerprint density at radius 3 is 2.76 bits per heavy atom. The second kappa shape index (κ2) is 7.55. The van der Waals surface area contributed by atoms with Gasteiger partial charge in [-0.1, -0.05) is 0 Å². The highest BCUT2D eigenvalue weighted by atomic mass is 16.5. The lowest BCUT2D eigenvalue weighted by molar-refractivity contribution is 0.199. The number of tetrazole rings is 1. The van der Waals surface area contributed by atoms with Crippen molar-refractivity contribution in [1.82, 2.24) is 25.5 Å². The number of hydrogen-bond acceptors (Lipinski definition) is 7. The Balaban J connectivity index is 2.20. The number of methoxy groups -OCH3 is 3. The fourth-order valence-corrected chi connectivity index (χ4v) is 1.84. The topological polar surface area (TPSA) is 83.3 Å². The van der Waals surface area contributed by atoms with E-state index < -0.39 is 0 Å². The van der Waals surface area contributed by atoms with Gasteiger partial charge in [-0.15, -0.1) is 5.10 Å². The highest BCUT2D eigenvalue weighted by Gasteiger charge is 2.13. The molecule has 0 aliphatic rings. The summed E-state index contributed by atoms with van der Waals surface area (Å²) < 4.78 is 17.2.